The van der Waals surface area contributed by atoms with Crippen LogP contribution >= 0.6 is 0 Å². The molecule has 1 aliphatic heterocycles. The van der Waals surface area contributed by atoms with Crippen LogP contribution in [0.1, 0.15) is 40.9 Å². The van der Waals surface area contributed by atoms with Gasteiger partial charge in [0, 0.05) is 48.2 Å². The molecule has 24 heavy (non-hydrogen) atoms. The largest absolute Gasteiger partial charge is 0.360 e. The molecule has 0 unspecified atom stereocenters. The smallest absolute Gasteiger partial charge is 0.256 e. The van der Waals surface area contributed by atoms with Crippen LogP contribution in [0.5, 0.6) is 0 Å². The van der Waals surface area contributed by atoms with Crippen LogP contribution in [0.3, 0.4) is 0 Å². The zero-order valence-electron chi connectivity index (χ0n) is 14.1. The van der Waals surface area contributed by atoms with Gasteiger partial charge in [0.05, 0.1) is 11.3 Å². The molecule has 0 spiro atoms. The van der Waals surface area contributed by atoms with Crippen molar-refractivity contribution in [2.45, 2.75) is 39.2 Å². The van der Waals surface area contributed by atoms with Crippen molar-refractivity contribution in [2.24, 2.45) is 0 Å². The van der Waals surface area contributed by atoms with Gasteiger partial charge in [-0.3, -0.25) is 4.79 Å². The first-order valence-electron chi connectivity index (χ1n) is 8.58. The number of amides is 1. The van der Waals surface area contributed by atoms with E-state index < -0.39 is 0 Å². The van der Waals surface area contributed by atoms with Crippen molar-refractivity contribution in [2.75, 3.05) is 6.54 Å². The van der Waals surface area contributed by atoms with Gasteiger partial charge in [-0.05, 0) is 19.4 Å². The molecule has 1 aromatic carbocycles. The van der Waals surface area contributed by atoms with Gasteiger partial charge in [0.15, 0.2) is 0 Å². The molecule has 1 atom stereocenters. The number of aryl methyl sites for hydroxylation is 1. The van der Waals surface area contributed by atoms with Crippen LogP contribution in [0.2, 0.25) is 0 Å². The Morgan fingerprint density at radius 2 is 2.21 bits per heavy atom. The van der Waals surface area contributed by atoms with E-state index in [1.54, 1.807) is 0 Å². The van der Waals surface area contributed by atoms with E-state index in [2.05, 4.69) is 21.9 Å². The lowest BCUT2D eigenvalue weighted by Crippen LogP contribution is -2.41. The fourth-order valence-electron chi connectivity index (χ4n) is 3.75. The summed E-state index contributed by atoms with van der Waals surface area (Å²) in [5, 5.41) is 0.995. The monoisotopic (exact) mass is 322 g/mol. The zero-order valence-corrected chi connectivity index (χ0v) is 14.1. The number of fused-ring (bicyclic) bond motifs is 2. The molecule has 3 heterocycles. The van der Waals surface area contributed by atoms with Crippen molar-refractivity contribution < 1.29 is 4.79 Å². The summed E-state index contributed by atoms with van der Waals surface area (Å²) < 4.78 is 0. The highest BCUT2D eigenvalue weighted by Gasteiger charge is 2.29. The van der Waals surface area contributed by atoms with Crippen molar-refractivity contribution in [3.05, 3.63) is 53.2 Å². The second-order valence-corrected chi connectivity index (χ2v) is 6.51. The summed E-state index contributed by atoms with van der Waals surface area (Å²) in [6.45, 7) is 4.85. The Hall–Kier alpha value is -2.56. The van der Waals surface area contributed by atoms with Crippen LogP contribution < -0.4 is 0 Å². The lowest BCUT2D eigenvalue weighted by molar-refractivity contribution is 0.0682. The van der Waals surface area contributed by atoms with Crippen molar-refractivity contribution in [1.82, 2.24) is 19.9 Å². The Kier molecular flexibility index (Phi) is 3.63. The summed E-state index contributed by atoms with van der Waals surface area (Å²) >= 11 is 0. The minimum Gasteiger partial charge on any atom is -0.360 e. The number of benzene rings is 1. The number of carbonyl (C=O) groups is 1. The van der Waals surface area contributed by atoms with Gasteiger partial charge in [-0.1, -0.05) is 25.1 Å². The quantitative estimate of drug-likeness (QED) is 0.761. The predicted molar refractivity (Wildman–Crippen MR) is 94.1 cm³/mol. The molecular weight excluding hydrogens is 300 g/mol. The van der Waals surface area contributed by atoms with E-state index in [0.29, 0.717) is 6.54 Å². The maximum atomic E-state index is 13.2. The average molecular weight is 322 g/mol. The lowest BCUT2D eigenvalue weighted by atomic mass is 10.1. The van der Waals surface area contributed by atoms with Gasteiger partial charge in [0.1, 0.15) is 5.82 Å². The Bertz CT molecular complexity index is 892. The highest BCUT2D eigenvalue weighted by Crippen LogP contribution is 2.25. The summed E-state index contributed by atoms with van der Waals surface area (Å²) in [6.07, 6.45) is 4.43. The number of nitrogens with zero attached hydrogens (tertiary/aromatic N) is 2. The maximum Gasteiger partial charge on any atom is 0.256 e. The molecule has 0 radical (unpaired) electrons. The summed E-state index contributed by atoms with van der Waals surface area (Å²) in [7, 11) is 0. The van der Waals surface area contributed by atoms with Gasteiger partial charge in [-0.2, -0.15) is 0 Å². The molecule has 0 fully saturated rings. The third-order valence-electron chi connectivity index (χ3n) is 5.00. The number of rotatable bonds is 2. The summed E-state index contributed by atoms with van der Waals surface area (Å²) in [4.78, 5) is 26.4. The average Bonchev–Trinajstić information content (AvgIpc) is 3.12. The third kappa shape index (κ3) is 2.40. The maximum absolute atomic E-state index is 13.2. The van der Waals surface area contributed by atoms with E-state index in [-0.39, 0.29) is 11.9 Å². The van der Waals surface area contributed by atoms with Gasteiger partial charge in [0.25, 0.3) is 5.91 Å². The van der Waals surface area contributed by atoms with Crippen LogP contribution in [0.25, 0.3) is 10.9 Å². The molecule has 0 saturated heterocycles. The first-order chi connectivity index (χ1) is 11.7. The summed E-state index contributed by atoms with van der Waals surface area (Å²) in [5.41, 5.74) is 4.07. The van der Waals surface area contributed by atoms with E-state index in [9.17, 15) is 4.79 Å². The van der Waals surface area contributed by atoms with Gasteiger partial charge in [-0.15, -0.1) is 0 Å². The predicted octanol–water partition coefficient (Wildman–Crippen LogP) is 3.22. The second-order valence-electron chi connectivity index (χ2n) is 6.51. The molecule has 2 N–H and O–H groups in total. The van der Waals surface area contributed by atoms with E-state index in [0.717, 1.165) is 47.2 Å². The molecule has 5 heteroatoms. The van der Waals surface area contributed by atoms with Crippen molar-refractivity contribution >= 4 is 16.8 Å². The normalized spacial score (nSPS) is 17.8. The molecular formula is C19H22N4O. The zero-order chi connectivity index (χ0) is 16.7. The van der Waals surface area contributed by atoms with Crippen LogP contribution in [0.15, 0.2) is 30.5 Å². The molecule has 0 saturated carbocycles. The number of aromatic nitrogens is 3. The van der Waals surface area contributed by atoms with E-state index in [4.69, 9.17) is 0 Å². The molecule has 1 aliphatic rings. The third-order valence-corrected chi connectivity index (χ3v) is 5.00. The first kappa shape index (κ1) is 15.0. The second kappa shape index (κ2) is 5.82. The first-order valence-corrected chi connectivity index (χ1v) is 8.58. The molecule has 4 rings (SSSR count). The fraction of sp³-hybridized carbons (Fsp3) is 0.368. The standard InChI is InChI=1S/C19H22N4O/c1-3-13-10-18-17(21-12(2)22-18)8-9-23(13)19(24)15-11-20-16-7-5-4-6-14(15)16/h4-7,11,13,20H,3,8-10H2,1-2H3,(H,21,22)/t13-/m1/s1. The molecule has 0 bridgehead atoms. The van der Waals surface area contributed by atoms with Gasteiger partial charge < -0.3 is 14.9 Å². The highest BCUT2D eigenvalue weighted by molar-refractivity contribution is 6.06. The van der Waals surface area contributed by atoms with Crippen LogP contribution in [-0.2, 0) is 12.8 Å². The van der Waals surface area contributed by atoms with Gasteiger partial charge in [-0.25, -0.2) is 4.98 Å². The molecule has 3 aromatic rings. The lowest BCUT2D eigenvalue weighted by Gasteiger charge is -2.29. The van der Waals surface area contributed by atoms with Crippen LogP contribution in [0, 0.1) is 6.92 Å². The molecule has 1 amide bonds. The number of imidazole rings is 1. The summed E-state index contributed by atoms with van der Waals surface area (Å²) in [5.74, 6) is 1.08. The van der Waals surface area contributed by atoms with Crippen molar-refractivity contribution in [3.63, 3.8) is 0 Å². The number of hydrogen-bond donors (Lipinski definition) is 2. The number of H-pyrrole nitrogens is 2. The van der Waals surface area contributed by atoms with E-state index >= 15 is 0 Å². The molecule has 0 aliphatic carbocycles. The SMILES string of the molecule is CC[C@@H]1Cc2[nH]c(C)nc2CCN1C(=O)c1c[nH]c2ccccc12. The van der Waals surface area contributed by atoms with E-state index in [1.807, 2.05) is 42.3 Å². The molecule has 5 nitrogen and oxygen atoms in total. The van der Waals surface area contributed by atoms with Gasteiger partial charge >= 0.3 is 0 Å². The Morgan fingerprint density at radius 1 is 1.38 bits per heavy atom. The van der Waals surface area contributed by atoms with Crippen LogP contribution in [-0.4, -0.2) is 38.3 Å². The van der Waals surface area contributed by atoms with E-state index in [1.165, 1.54) is 5.69 Å². The molecule has 2 aromatic heterocycles. The number of carbonyl (C=O) groups excluding carboxylic acids is 1. The minimum absolute atomic E-state index is 0.112. The topological polar surface area (TPSA) is 64.8 Å². The number of hydrogen-bond acceptors (Lipinski definition) is 2. The Morgan fingerprint density at radius 3 is 3.04 bits per heavy atom. The highest BCUT2D eigenvalue weighted by atomic mass is 16.2. The number of aromatic amines is 2. The van der Waals surface area contributed by atoms with Gasteiger partial charge in [0.2, 0.25) is 0 Å². The van der Waals surface area contributed by atoms with Crippen LogP contribution in [0.4, 0.5) is 0 Å². The fourth-order valence-corrected chi connectivity index (χ4v) is 3.75. The number of para-hydroxylation sites is 1. The Labute approximate surface area is 141 Å². The van der Waals surface area contributed by atoms with Crippen molar-refractivity contribution in [1.29, 1.82) is 0 Å². The Balaban J connectivity index is 1.67. The minimum atomic E-state index is 0.112. The summed E-state index contributed by atoms with van der Waals surface area (Å²) in [6, 6.07) is 8.17. The molecule has 124 valence electrons. The van der Waals surface area contributed by atoms with Crippen molar-refractivity contribution in [3.8, 4) is 0 Å². The number of nitrogens with one attached hydrogen (secondary N) is 2.